The fraction of sp³-hybridized carbons (Fsp3) is 0.300. The average molecular weight is 301 g/mol. The van der Waals surface area contributed by atoms with Gasteiger partial charge in [0.05, 0.1) is 5.69 Å². The summed E-state index contributed by atoms with van der Waals surface area (Å²) in [5, 5.41) is 0. The molecule has 0 atom stereocenters. The molecule has 0 amide bonds. The van der Waals surface area contributed by atoms with Gasteiger partial charge in [-0.3, -0.25) is 0 Å². The lowest BCUT2D eigenvalue weighted by Gasteiger charge is -2.25. The fourth-order valence-corrected chi connectivity index (χ4v) is 3.56. The lowest BCUT2D eigenvalue weighted by atomic mass is 10.3. The molecule has 1 fully saturated rings. The number of halogens is 1. The molecule has 6 heteroatoms. The Labute approximate surface area is 102 Å². The summed E-state index contributed by atoms with van der Waals surface area (Å²) in [5.74, 6) is 0. The second-order valence-corrected chi connectivity index (χ2v) is 6.38. The standard InChI is InChI=1S/C10H9BrN2O2S/c11-8-2-1-3-9-10(8)13(7-4-5-7)6-12-16(9,14)15/h1-3,6-7H,4-5H2. The van der Waals surface area contributed by atoms with E-state index in [-0.39, 0.29) is 4.90 Å². The second kappa shape index (κ2) is 3.30. The van der Waals surface area contributed by atoms with Crippen LogP contribution in [0.1, 0.15) is 12.8 Å². The van der Waals surface area contributed by atoms with Gasteiger partial charge in [-0.05, 0) is 40.9 Å². The van der Waals surface area contributed by atoms with Crippen LogP contribution in [-0.2, 0) is 10.0 Å². The maximum atomic E-state index is 11.8. The zero-order chi connectivity index (χ0) is 11.3. The van der Waals surface area contributed by atoms with Gasteiger partial charge >= 0.3 is 0 Å². The molecule has 0 aromatic heterocycles. The Morgan fingerprint density at radius 1 is 1.38 bits per heavy atom. The minimum Gasteiger partial charge on any atom is -0.326 e. The number of rotatable bonds is 1. The van der Waals surface area contributed by atoms with Gasteiger partial charge in [0.25, 0.3) is 10.0 Å². The van der Waals surface area contributed by atoms with E-state index < -0.39 is 10.0 Å². The molecule has 4 nitrogen and oxygen atoms in total. The van der Waals surface area contributed by atoms with Crippen molar-refractivity contribution in [2.75, 3.05) is 4.90 Å². The van der Waals surface area contributed by atoms with Gasteiger partial charge in [0.15, 0.2) is 0 Å². The summed E-state index contributed by atoms with van der Waals surface area (Å²) in [6.45, 7) is 0. The number of sulfonamides is 1. The topological polar surface area (TPSA) is 49.7 Å². The van der Waals surface area contributed by atoms with Crippen molar-refractivity contribution in [2.24, 2.45) is 4.40 Å². The summed E-state index contributed by atoms with van der Waals surface area (Å²) < 4.78 is 28.0. The third kappa shape index (κ3) is 1.48. The van der Waals surface area contributed by atoms with Crippen LogP contribution in [0.15, 0.2) is 32.0 Å². The fourth-order valence-electron chi connectivity index (χ4n) is 1.81. The summed E-state index contributed by atoms with van der Waals surface area (Å²) in [6, 6.07) is 5.56. The van der Waals surface area contributed by atoms with Gasteiger partial charge in [-0.1, -0.05) is 6.07 Å². The van der Waals surface area contributed by atoms with E-state index in [1.54, 1.807) is 12.1 Å². The number of para-hydroxylation sites is 1. The Morgan fingerprint density at radius 2 is 2.12 bits per heavy atom. The number of benzene rings is 1. The van der Waals surface area contributed by atoms with Crippen molar-refractivity contribution in [2.45, 2.75) is 23.8 Å². The largest absolute Gasteiger partial charge is 0.326 e. The van der Waals surface area contributed by atoms with Crippen molar-refractivity contribution >= 4 is 38.0 Å². The van der Waals surface area contributed by atoms with Crippen molar-refractivity contribution in [3.8, 4) is 0 Å². The van der Waals surface area contributed by atoms with Crippen LogP contribution >= 0.6 is 15.9 Å². The van der Waals surface area contributed by atoms with Crippen molar-refractivity contribution in [1.29, 1.82) is 0 Å². The maximum absolute atomic E-state index is 11.8. The van der Waals surface area contributed by atoms with Crippen molar-refractivity contribution in [1.82, 2.24) is 0 Å². The summed E-state index contributed by atoms with van der Waals surface area (Å²) in [5.41, 5.74) is 0.722. The maximum Gasteiger partial charge on any atom is 0.285 e. The molecular formula is C10H9BrN2O2S. The Morgan fingerprint density at radius 3 is 2.81 bits per heavy atom. The number of hydrogen-bond donors (Lipinski definition) is 0. The smallest absolute Gasteiger partial charge is 0.285 e. The number of fused-ring (bicyclic) bond motifs is 1. The highest BCUT2D eigenvalue weighted by Gasteiger charge is 2.35. The lowest BCUT2D eigenvalue weighted by molar-refractivity contribution is 0.597. The Kier molecular flexibility index (Phi) is 2.12. The van der Waals surface area contributed by atoms with Gasteiger partial charge in [0.2, 0.25) is 0 Å². The Balaban J connectivity index is 2.26. The van der Waals surface area contributed by atoms with E-state index in [1.807, 2.05) is 11.0 Å². The molecule has 0 saturated heterocycles. The average Bonchev–Trinajstić information content (AvgIpc) is 3.03. The first kappa shape index (κ1) is 10.3. The van der Waals surface area contributed by atoms with Crippen LogP contribution in [-0.4, -0.2) is 20.8 Å². The number of anilines is 1. The molecule has 0 N–H and O–H groups in total. The molecule has 0 unspecified atom stereocenters. The van der Waals surface area contributed by atoms with E-state index in [9.17, 15) is 8.42 Å². The van der Waals surface area contributed by atoms with Crippen LogP contribution in [0.2, 0.25) is 0 Å². The first-order valence-corrected chi connectivity index (χ1v) is 7.20. The van der Waals surface area contributed by atoms with Gasteiger partial charge in [0, 0.05) is 10.5 Å². The lowest BCUT2D eigenvalue weighted by Crippen LogP contribution is -2.29. The first-order valence-electron chi connectivity index (χ1n) is 4.97. The quantitative estimate of drug-likeness (QED) is 0.798. The van der Waals surface area contributed by atoms with Gasteiger partial charge in [-0.2, -0.15) is 8.42 Å². The molecule has 1 saturated carbocycles. The van der Waals surface area contributed by atoms with Gasteiger partial charge in [-0.25, -0.2) is 0 Å². The van der Waals surface area contributed by atoms with E-state index >= 15 is 0 Å². The van der Waals surface area contributed by atoms with Crippen LogP contribution in [0.25, 0.3) is 0 Å². The molecule has 3 rings (SSSR count). The molecule has 1 aliphatic carbocycles. The minimum absolute atomic E-state index is 0.288. The predicted octanol–water partition coefficient (Wildman–Crippen LogP) is 2.15. The van der Waals surface area contributed by atoms with E-state index in [1.165, 1.54) is 6.34 Å². The van der Waals surface area contributed by atoms with Gasteiger partial charge < -0.3 is 4.90 Å². The van der Waals surface area contributed by atoms with Crippen LogP contribution in [0.5, 0.6) is 0 Å². The van der Waals surface area contributed by atoms with Gasteiger partial charge in [-0.15, -0.1) is 4.40 Å². The summed E-state index contributed by atoms with van der Waals surface area (Å²) in [4.78, 5) is 2.23. The highest BCUT2D eigenvalue weighted by molar-refractivity contribution is 9.10. The van der Waals surface area contributed by atoms with Gasteiger partial charge in [0.1, 0.15) is 11.2 Å². The SMILES string of the molecule is O=S1(=O)N=CN(C2CC2)c2c(Br)cccc21. The highest BCUT2D eigenvalue weighted by atomic mass is 79.9. The van der Waals surface area contributed by atoms with Crippen molar-refractivity contribution in [3.63, 3.8) is 0 Å². The second-order valence-electron chi connectivity index (χ2n) is 3.92. The number of hydrogen-bond acceptors (Lipinski definition) is 3. The molecule has 1 aromatic carbocycles. The molecule has 2 aliphatic rings. The van der Waals surface area contributed by atoms with Crippen molar-refractivity contribution < 1.29 is 8.42 Å². The van der Waals surface area contributed by atoms with Crippen LogP contribution in [0.3, 0.4) is 0 Å². The molecule has 1 heterocycles. The minimum atomic E-state index is -3.51. The Bertz CT molecular complexity index is 578. The van der Waals surface area contributed by atoms with Crippen molar-refractivity contribution in [3.05, 3.63) is 22.7 Å². The van der Waals surface area contributed by atoms with Crippen LogP contribution in [0.4, 0.5) is 5.69 Å². The van der Waals surface area contributed by atoms with E-state index in [4.69, 9.17) is 0 Å². The molecule has 0 spiro atoms. The van der Waals surface area contributed by atoms with E-state index in [0.29, 0.717) is 6.04 Å². The van der Waals surface area contributed by atoms with E-state index in [2.05, 4.69) is 20.3 Å². The summed E-state index contributed by atoms with van der Waals surface area (Å²) in [6.07, 6.45) is 3.61. The molecule has 0 radical (unpaired) electrons. The van der Waals surface area contributed by atoms with Crippen LogP contribution < -0.4 is 4.90 Å². The third-order valence-electron chi connectivity index (χ3n) is 2.74. The summed E-state index contributed by atoms with van der Waals surface area (Å²) >= 11 is 3.40. The molecule has 84 valence electrons. The Hall–Kier alpha value is -0.880. The highest BCUT2D eigenvalue weighted by Crippen LogP contribution is 2.41. The zero-order valence-electron chi connectivity index (χ0n) is 8.30. The van der Waals surface area contributed by atoms with E-state index in [0.717, 1.165) is 23.0 Å². The molecular weight excluding hydrogens is 292 g/mol. The molecule has 0 bridgehead atoms. The molecule has 16 heavy (non-hydrogen) atoms. The third-order valence-corrected chi connectivity index (χ3v) is 4.63. The molecule has 1 aliphatic heterocycles. The molecule has 1 aromatic rings. The predicted molar refractivity (Wildman–Crippen MR) is 65.3 cm³/mol. The first-order chi connectivity index (χ1) is 7.59. The normalized spacial score (nSPS) is 21.9. The monoisotopic (exact) mass is 300 g/mol. The number of nitrogens with zero attached hydrogens (tertiary/aromatic N) is 2. The van der Waals surface area contributed by atoms with Crippen LogP contribution in [0, 0.1) is 0 Å². The zero-order valence-corrected chi connectivity index (χ0v) is 10.7. The summed E-state index contributed by atoms with van der Waals surface area (Å²) in [7, 11) is -3.51.